The van der Waals surface area contributed by atoms with Crippen molar-refractivity contribution in [1.29, 1.82) is 0 Å². The average Bonchev–Trinajstić information content (AvgIpc) is 3.54. The minimum Gasteiger partial charge on any atom is -0.496 e. The molecule has 0 unspecified atom stereocenters. The summed E-state index contributed by atoms with van der Waals surface area (Å²) in [5, 5.41) is 3.25. The van der Waals surface area contributed by atoms with E-state index in [4.69, 9.17) is 19.9 Å². The standard InChI is InChI=1S/C26H38N4O5/c1-25(2)14-21(31)30(24(27)29-25)18(10-11-33-5)15-12-16(15)23(32)28-17-13-26(3,4)35-20-9-7-8-19(34-6)22(17)20/h7-9,15-18H,10-14H2,1-6H3,(H2,27,29)(H,28,32)/t15-,16-,17-,18-/m1/s1. The number of nitrogens with zero attached hydrogens (tertiary/aromatic N) is 2. The van der Waals surface area contributed by atoms with Crippen molar-refractivity contribution >= 4 is 17.8 Å². The number of carbonyl (C=O) groups excluding carboxylic acids is 2. The summed E-state index contributed by atoms with van der Waals surface area (Å²) < 4.78 is 17.0. The highest BCUT2D eigenvalue weighted by Gasteiger charge is 2.52. The van der Waals surface area contributed by atoms with Crippen LogP contribution in [0.2, 0.25) is 0 Å². The number of nitrogens with one attached hydrogen (secondary N) is 1. The van der Waals surface area contributed by atoms with Crippen molar-refractivity contribution in [2.45, 2.75) is 76.6 Å². The minimum absolute atomic E-state index is 0.00551. The molecular weight excluding hydrogens is 448 g/mol. The monoisotopic (exact) mass is 486 g/mol. The quantitative estimate of drug-likeness (QED) is 0.584. The molecule has 192 valence electrons. The number of ether oxygens (including phenoxy) is 3. The molecule has 4 rings (SSSR count). The van der Waals surface area contributed by atoms with Crippen LogP contribution >= 0.6 is 0 Å². The van der Waals surface area contributed by atoms with Crippen LogP contribution in [0.4, 0.5) is 0 Å². The summed E-state index contributed by atoms with van der Waals surface area (Å²) in [4.78, 5) is 32.6. The zero-order valence-electron chi connectivity index (χ0n) is 21.6. The molecule has 2 heterocycles. The first-order valence-corrected chi connectivity index (χ1v) is 12.3. The van der Waals surface area contributed by atoms with E-state index >= 15 is 0 Å². The molecule has 1 aromatic rings. The molecule has 0 aromatic heterocycles. The molecule has 9 nitrogen and oxygen atoms in total. The molecule has 3 aliphatic rings. The molecular formula is C26H38N4O5. The maximum Gasteiger partial charge on any atom is 0.231 e. The number of fused-ring (bicyclic) bond motifs is 1. The first-order valence-electron chi connectivity index (χ1n) is 12.3. The number of hydrogen-bond donors (Lipinski definition) is 2. The molecule has 1 aromatic carbocycles. The molecule has 1 fully saturated rings. The van der Waals surface area contributed by atoms with E-state index in [0.717, 1.165) is 11.3 Å². The number of amides is 2. The van der Waals surface area contributed by atoms with Crippen LogP contribution in [0.15, 0.2) is 23.2 Å². The Kier molecular flexibility index (Phi) is 6.74. The molecule has 0 radical (unpaired) electrons. The maximum atomic E-state index is 13.4. The van der Waals surface area contributed by atoms with Crippen molar-refractivity contribution in [2.75, 3.05) is 20.8 Å². The second-order valence-corrected chi connectivity index (χ2v) is 11.1. The van der Waals surface area contributed by atoms with Gasteiger partial charge in [-0.05, 0) is 58.6 Å². The number of aliphatic imine (C=N–C) groups is 1. The average molecular weight is 487 g/mol. The molecule has 9 heteroatoms. The van der Waals surface area contributed by atoms with Gasteiger partial charge in [-0.2, -0.15) is 0 Å². The molecule has 1 saturated carbocycles. The summed E-state index contributed by atoms with van der Waals surface area (Å²) in [5.41, 5.74) is 6.16. The normalized spacial score (nSPS) is 27.3. The van der Waals surface area contributed by atoms with E-state index in [1.807, 2.05) is 45.9 Å². The Bertz CT molecular complexity index is 1020. The SMILES string of the molecule is COCC[C@H]([C@@H]1C[C@H]1C(=O)N[C@@H]1CC(C)(C)Oc2cccc(OC)c21)N1C(=O)CC(C)(C)N=C1N. The number of methoxy groups -OCH3 is 2. The first kappa shape index (κ1) is 25.3. The summed E-state index contributed by atoms with van der Waals surface area (Å²) in [6, 6.07) is 5.21. The van der Waals surface area contributed by atoms with Gasteiger partial charge in [-0.3, -0.25) is 14.5 Å². The smallest absolute Gasteiger partial charge is 0.231 e. The van der Waals surface area contributed by atoms with Crippen LogP contribution in [-0.2, 0) is 14.3 Å². The predicted octanol–water partition coefficient (Wildman–Crippen LogP) is 2.78. The summed E-state index contributed by atoms with van der Waals surface area (Å²) in [7, 11) is 3.25. The Balaban J connectivity index is 1.53. The number of carbonyl (C=O) groups is 2. The number of hydrogen-bond acceptors (Lipinski definition) is 7. The zero-order valence-corrected chi connectivity index (χ0v) is 21.6. The van der Waals surface area contributed by atoms with E-state index in [1.165, 1.54) is 0 Å². The second-order valence-electron chi connectivity index (χ2n) is 11.1. The van der Waals surface area contributed by atoms with Gasteiger partial charge >= 0.3 is 0 Å². The molecule has 0 spiro atoms. The fourth-order valence-corrected chi connectivity index (χ4v) is 5.53. The van der Waals surface area contributed by atoms with Crippen LogP contribution in [0.1, 0.15) is 65.0 Å². The van der Waals surface area contributed by atoms with Gasteiger partial charge in [0.05, 0.1) is 30.7 Å². The van der Waals surface area contributed by atoms with Gasteiger partial charge in [0.15, 0.2) is 5.96 Å². The molecule has 1 aliphatic carbocycles. The van der Waals surface area contributed by atoms with Crippen molar-refractivity contribution in [3.63, 3.8) is 0 Å². The van der Waals surface area contributed by atoms with Gasteiger partial charge < -0.3 is 25.3 Å². The van der Waals surface area contributed by atoms with E-state index in [9.17, 15) is 9.59 Å². The van der Waals surface area contributed by atoms with Crippen LogP contribution < -0.4 is 20.5 Å². The maximum absolute atomic E-state index is 13.4. The van der Waals surface area contributed by atoms with E-state index in [-0.39, 0.29) is 48.1 Å². The highest BCUT2D eigenvalue weighted by molar-refractivity contribution is 5.99. The van der Waals surface area contributed by atoms with Gasteiger partial charge in [0.25, 0.3) is 0 Å². The van der Waals surface area contributed by atoms with Crippen LogP contribution in [-0.4, -0.2) is 60.7 Å². The minimum atomic E-state index is -0.522. The van der Waals surface area contributed by atoms with E-state index < -0.39 is 11.1 Å². The third-order valence-electron chi connectivity index (χ3n) is 7.13. The lowest BCUT2D eigenvalue weighted by Crippen LogP contribution is -2.55. The van der Waals surface area contributed by atoms with E-state index in [2.05, 4.69) is 10.3 Å². The largest absolute Gasteiger partial charge is 0.496 e. The topological polar surface area (TPSA) is 115 Å². The number of guanidine groups is 1. The number of benzene rings is 1. The molecule has 2 aliphatic heterocycles. The molecule has 0 saturated heterocycles. The second kappa shape index (κ2) is 9.33. The fraction of sp³-hybridized carbons (Fsp3) is 0.654. The van der Waals surface area contributed by atoms with Gasteiger partial charge in [-0.1, -0.05) is 6.07 Å². The lowest BCUT2D eigenvalue weighted by molar-refractivity contribution is -0.132. The highest BCUT2D eigenvalue weighted by Crippen LogP contribution is 2.48. The Labute approximate surface area is 207 Å². The van der Waals surface area contributed by atoms with E-state index in [0.29, 0.717) is 31.6 Å². The van der Waals surface area contributed by atoms with Crippen molar-refractivity contribution in [3.8, 4) is 11.5 Å². The lowest BCUT2D eigenvalue weighted by Gasteiger charge is -2.39. The summed E-state index contributed by atoms with van der Waals surface area (Å²) in [5.74, 6) is 1.34. The molecule has 4 atom stereocenters. The van der Waals surface area contributed by atoms with Gasteiger partial charge in [0.2, 0.25) is 11.8 Å². The third kappa shape index (κ3) is 5.24. The van der Waals surface area contributed by atoms with Crippen LogP contribution in [0.5, 0.6) is 11.5 Å². The fourth-order valence-electron chi connectivity index (χ4n) is 5.53. The van der Waals surface area contributed by atoms with Gasteiger partial charge in [0.1, 0.15) is 17.1 Å². The Hall–Kier alpha value is -2.81. The van der Waals surface area contributed by atoms with Crippen LogP contribution in [0, 0.1) is 11.8 Å². The lowest BCUT2D eigenvalue weighted by atomic mass is 9.89. The van der Waals surface area contributed by atoms with Crippen molar-refractivity contribution in [2.24, 2.45) is 22.6 Å². The Morgan fingerprint density at radius 3 is 2.71 bits per heavy atom. The molecule has 2 amide bonds. The summed E-state index contributed by atoms with van der Waals surface area (Å²) >= 11 is 0. The molecule has 3 N–H and O–H groups in total. The van der Waals surface area contributed by atoms with Crippen molar-refractivity contribution in [1.82, 2.24) is 10.2 Å². The van der Waals surface area contributed by atoms with E-state index in [1.54, 1.807) is 19.1 Å². The molecule has 35 heavy (non-hydrogen) atoms. The Morgan fingerprint density at radius 2 is 2.06 bits per heavy atom. The molecule has 0 bridgehead atoms. The van der Waals surface area contributed by atoms with Gasteiger partial charge in [-0.25, -0.2) is 4.99 Å². The van der Waals surface area contributed by atoms with Crippen LogP contribution in [0.25, 0.3) is 0 Å². The number of nitrogens with two attached hydrogens (primary N) is 1. The highest BCUT2D eigenvalue weighted by atomic mass is 16.5. The Morgan fingerprint density at radius 1 is 1.31 bits per heavy atom. The van der Waals surface area contributed by atoms with Crippen LogP contribution in [0.3, 0.4) is 0 Å². The predicted molar refractivity (Wildman–Crippen MR) is 132 cm³/mol. The summed E-state index contributed by atoms with van der Waals surface area (Å²) in [6.45, 7) is 8.29. The van der Waals surface area contributed by atoms with Crippen molar-refractivity contribution < 1.29 is 23.8 Å². The summed E-state index contributed by atoms with van der Waals surface area (Å²) in [6.07, 6.45) is 2.19. The van der Waals surface area contributed by atoms with Crippen molar-refractivity contribution in [3.05, 3.63) is 23.8 Å². The number of rotatable bonds is 8. The third-order valence-corrected chi connectivity index (χ3v) is 7.13. The first-order chi connectivity index (χ1) is 16.5. The van der Waals surface area contributed by atoms with Gasteiger partial charge in [0, 0.05) is 32.1 Å². The zero-order chi connectivity index (χ0) is 25.5. The van der Waals surface area contributed by atoms with Gasteiger partial charge in [-0.15, -0.1) is 0 Å².